The molecule has 1 aliphatic rings. The van der Waals surface area contributed by atoms with Crippen LogP contribution >= 0.6 is 0 Å². The van der Waals surface area contributed by atoms with E-state index in [-0.39, 0.29) is 11.3 Å². The summed E-state index contributed by atoms with van der Waals surface area (Å²) in [6, 6.07) is 7.95. The number of rotatable bonds is 5. The molecule has 0 aliphatic carbocycles. The van der Waals surface area contributed by atoms with Crippen LogP contribution in [0.4, 0.5) is 4.39 Å². The van der Waals surface area contributed by atoms with Crippen molar-refractivity contribution >= 4 is 12.2 Å². The number of carbonyl (C=O) groups is 1. The Morgan fingerprint density at radius 3 is 2.68 bits per heavy atom. The Morgan fingerprint density at radius 1 is 1.24 bits per heavy atom. The van der Waals surface area contributed by atoms with Gasteiger partial charge in [-0.2, -0.15) is 0 Å². The first-order valence-corrected chi connectivity index (χ1v) is 7.68. The number of hydrogen-bond acceptors (Lipinski definition) is 5. The van der Waals surface area contributed by atoms with Gasteiger partial charge in [-0.1, -0.05) is 12.1 Å². The lowest BCUT2D eigenvalue weighted by Crippen LogP contribution is -2.36. The number of benzene rings is 1. The van der Waals surface area contributed by atoms with Gasteiger partial charge in [-0.15, -0.1) is 0 Å². The Balaban J connectivity index is 2.28. The first-order valence-electron chi connectivity index (χ1n) is 7.68. The number of hydrogen-bond donors (Lipinski definition) is 0. The molecule has 0 spiro atoms. The third kappa shape index (κ3) is 2.80. The highest BCUT2D eigenvalue weighted by molar-refractivity contribution is 5.86. The van der Waals surface area contributed by atoms with Gasteiger partial charge in [0.05, 0.1) is 14.2 Å². The summed E-state index contributed by atoms with van der Waals surface area (Å²) in [6.07, 6.45) is 8.27. The monoisotopic (exact) mass is 340 g/mol. The first kappa shape index (κ1) is 16.8. The molecule has 2 unspecified atom stereocenters. The molecule has 0 saturated heterocycles. The molecule has 1 aromatic heterocycles. The van der Waals surface area contributed by atoms with Crippen LogP contribution in [0.3, 0.4) is 0 Å². The van der Waals surface area contributed by atoms with Crippen LogP contribution in [0.1, 0.15) is 17.0 Å². The van der Waals surface area contributed by atoms with Crippen LogP contribution in [0.15, 0.2) is 59.9 Å². The Hall–Kier alpha value is -3.02. The third-order valence-electron chi connectivity index (χ3n) is 4.25. The molecule has 0 saturated carbocycles. The highest BCUT2D eigenvalue weighted by Crippen LogP contribution is 2.47. The van der Waals surface area contributed by atoms with E-state index < -0.39 is 23.2 Å². The van der Waals surface area contributed by atoms with E-state index in [4.69, 9.17) is 9.47 Å². The van der Waals surface area contributed by atoms with Gasteiger partial charge in [0, 0.05) is 29.7 Å². The summed E-state index contributed by atoms with van der Waals surface area (Å²) in [4.78, 5) is 21.3. The van der Waals surface area contributed by atoms with Crippen molar-refractivity contribution in [3.05, 3.63) is 71.8 Å². The number of allylic oxidation sites excluding steroid dienone is 1. The van der Waals surface area contributed by atoms with E-state index in [9.17, 15) is 9.18 Å². The lowest BCUT2D eigenvalue weighted by Gasteiger charge is -2.33. The minimum atomic E-state index is -1.16. The molecular formula is C19H17FN2O3. The molecule has 1 aromatic carbocycles. The Morgan fingerprint density at radius 2 is 2.08 bits per heavy atom. The lowest BCUT2D eigenvalue weighted by atomic mass is 9.75. The van der Waals surface area contributed by atoms with Crippen LogP contribution in [0.25, 0.3) is 0 Å². The second kappa shape index (κ2) is 6.84. The fraction of sp³-hybridized carbons (Fsp3) is 0.211. The third-order valence-corrected chi connectivity index (χ3v) is 4.25. The number of aromatic nitrogens is 1. The van der Waals surface area contributed by atoms with Crippen molar-refractivity contribution in [2.75, 3.05) is 14.2 Å². The molecule has 0 fully saturated rings. The van der Waals surface area contributed by atoms with Gasteiger partial charge in [-0.05, 0) is 30.4 Å². The van der Waals surface area contributed by atoms with Crippen molar-refractivity contribution in [3.8, 4) is 5.75 Å². The topological polar surface area (TPSA) is 60.8 Å². The minimum Gasteiger partial charge on any atom is -0.496 e. The number of carbonyl (C=O) groups excluding carboxylic acids is 1. The molecule has 0 bridgehead atoms. The predicted molar refractivity (Wildman–Crippen MR) is 91.3 cm³/mol. The molecule has 0 amide bonds. The van der Waals surface area contributed by atoms with Crippen LogP contribution in [0, 0.1) is 5.82 Å². The average Bonchev–Trinajstić information content (AvgIpc) is 3.14. The fourth-order valence-corrected chi connectivity index (χ4v) is 3.12. The normalized spacial score (nSPS) is 19.6. The number of nitrogens with zero attached hydrogens (tertiary/aromatic N) is 2. The highest BCUT2D eigenvalue weighted by Gasteiger charge is 2.48. The molecule has 0 N–H and O–H groups in total. The van der Waals surface area contributed by atoms with Crippen LogP contribution < -0.4 is 4.74 Å². The summed E-state index contributed by atoms with van der Waals surface area (Å²) in [5.41, 5.74) is -0.401. The van der Waals surface area contributed by atoms with Crippen molar-refractivity contribution < 1.29 is 18.7 Å². The summed E-state index contributed by atoms with van der Waals surface area (Å²) in [6.45, 7) is 0. The summed E-state index contributed by atoms with van der Waals surface area (Å²) in [5.74, 6) is -1.98. The van der Waals surface area contributed by atoms with Gasteiger partial charge in [0.25, 0.3) is 0 Å². The largest absolute Gasteiger partial charge is 0.496 e. The molecule has 2 atom stereocenters. The van der Waals surface area contributed by atoms with Crippen LogP contribution in [-0.2, 0) is 15.1 Å². The van der Waals surface area contributed by atoms with Crippen molar-refractivity contribution in [2.45, 2.75) is 11.5 Å². The van der Waals surface area contributed by atoms with Gasteiger partial charge in [0.1, 0.15) is 23.0 Å². The number of esters is 1. The van der Waals surface area contributed by atoms with Gasteiger partial charge in [0.15, 0.2) is 0 Å². The van der Waals surface area contributed by atoms with Crippen molar-refractivity contribution in [1.82, 2.24) is 4.98 Å². The average molecular weight is 340 g/mol. The first-order chi connectivity index (χ1) is 12.1. The zero-order chi connectivity index (χ0) is 17.9. The smallest absolute Gasteiger partial charge is 0.316 e. The zero-order valence-electron chi connectivity index (χ0n) is 13.8. The second-order valence-electron chi connectivity index (χ2n) is 5.52. The molecular weight excluding hydrogens is 323 g/mol. The fourth-order valence-electron chi connectivity index (χ4n) is 3.12. The quantitative estimate of drug-likeness (QED) is 0.785. The Kier molecular flexibility index (Phi) is 4.61. The molecule has 2 aromatic rings. The molecule has 128 valence electrons. The molecule has 5 nitrogen and oxygen atoms in total. The summed E-state index contributed by atoms with van der Waals surface area (Å²) in [7, 11) is 2.69. The van der Waals surface area contributed by atoms with E-state index in [1.165, 1.54) is 26.4 Å². The zero-order valence-corrected chi connectivity index (χ0v) is 13.8. The van der Waals surface area contributed by atoms with Crippen molar-refractivity contribution in [3.63, 3.8) is 0 Å². The van der Waals surface area contributed by atoms with E-state index in [1.54, 1.807) is 49.0 Å². The highest BCUT2D eigenvalue weighted by atomic mass is 19.1. The molecule has 0 radical (unpaired) electrons. The number of aliphatic imine (C=N–C) groups is 1. The molecule has 25 heavy (non-hydrogen) atoms. The van der Waals surface area contributed by atoms with Crippen molar-refractivity contribution in [1.29, 1.82) is 0 Å². The Bertz CT molecular complexity index is 822. The summed E-state index contributed by atoms with van der Waals surface area (Å²) < 4.78 is 25.0. The van der Waals surface area contributed by atoms with Gasteiger partial charge >= 0.3 is 5.97 Å². The summed E-state index contributed by atoms with van der Waals surface area (Å²) in [5, 5.41) is 0. The van der Waals surface area contributed by atoms with Crippen LogP contribution in [0.5, 0.6) is 5.75 Å². The number of pyridine rings is 1. The standard InChI is InChI=1S/C19H17FN2O3/c1-24-15-8-3-7-14(20)16(15)17(18(23)25-2)19(9-5-11-22-19)13-6-4-10-21-12-13/h3-12,17H,1-2H3. The van der Waals surface area contributed by atoms with Crippen molar-refractivity contribution in [2.24, 2.45) is 4.99 Å². The SMILES string of the molecule is COC(=O)C(c1c(F)cccc1OC)C1(c2cccnc2)C=CC=N1. The molecule has 2 heterocycles. The van der Waals surface area contributed by atoms with E-state index in [2.05, 4.69) is 9.98 Å². The maximum absolute atomic E-state index is 14.7. The number of halogens is 1. The van der Waals surface area contributed by atoms with Gasteiger partial charge < -0.3 is 9.47 Å². The van der Waals surface area contributed by atoms with E-state index in [0.717, 1.165) is 0 Å². The Labute approximate surface area is 144 Å². The van der Waals surface area contributed by atoms with Gasteiger partial charge in [-0.3, -0.25) is 14.8 Å². The van der Waals surface area contributed by atoms with Gasteiger partial charge in [-0.25, -0.2) is 4.39 Å². The maximum atomic E-state index is 14.7. The van der Waals surface area contributed by atoms with E-state index in [0.29, 0.717) is 5.56 Å². The molecule has 6 heteroatoms. The van der Waals surface area contributed by atoms with E-state index in [1.807, 2.05) is 0 Å². The van der Waals surface area contributed by atoms with Crippen LogP contribution in [-0.4, -0.2) is 31.4 Å². The molecule has 3 rings (SSSR count). The second-order valence-corrected chi connectivity index (χ2v) is 5.52. The van der Waals surface area contributed by atoms with E-state index >= 15 is 0 Å². The molecule has 1 aliphatic heterocycles. The number of ether oxygens (including phenoxy) is 2. The summed E-state index contributed by atoms with van der Waals surface area (Å²) >= 11 is 0. The maximum Gasteiger partial charge on any atom is 0.316 e. The minimum absolute atomic E-state index is 0.101. The predicted octanol–water partition coefficient (Wildman–Crippen LogP) is 3.02. The van der Waals surface area contributed by atoms with Gasteiger partial charge in [0.2, 0.25) is 0 Å². The number of methoxy groups -OCH3 is 2. The van der Waals surface area contributed by atoms with Crippen LogP contribution in [0.2, 0.25) is 0 Å². The lowest BCUT2D eigenvalue weighted by molar-refractivity contribution is -0.144.